The van der Waals surface area contributed by atoms with E-state index in [-0.39, 0.29) is 17.1 Å². The molecule has 0 rings (SSSR count). The minimum absolute atomic E-state index is 0. The molecule has 0 aliphatic carbocycles. The maximum Gasteiger partial charge on any atom is 0.186 e. The van der Waals surface area contributed by atoms with Crippen molar-refractivity contribution < 1.29 is 17.1 Å². The Labute approximate surface area is 123 Å². The molecule has 0 aromatic heterocycles. The zero-order valence-electron chi connectivity index (χ0n) is 9.80. The molecule has 4 N–H and O–H groups in total. The van der Waals surface area contributed by atoms with Crippen LogP contribution in [0.3, 0.4) is 0 Å². The van der Waals surface area contributed by atoms with Crippen LogP contribution in [0.4, 0.5) is 0 Å². The van der Waals surface area contributed by atoms with Crippen molar-refractivity contribution in [2.24, 2.45) is 10.2 Å². The molecule has 1 radical (unpaired) electrons. The first-order valence-corrected chi connectivity index (χ1v) is 5.50. The number of nitrogens with one attached hydrogen (secondary N) is 4. The van der Waals surface area contributed by atoms with Crippen molar-refractivity contribution in [1.82, 2.24) is 21.5 Å². The van der Waals surface area contributed by atoms with Crippen LogP contribution in [-0.2, 0) is 17.1 Å². The van der Waals surface area contributed by atoms with E-state index >= 15 is 0 Å². The Morgan fingerprint density at radius 3 is 2.12 bits per heavy atom. The Hall–Kier alpha value is -0.761. The van der Waals surface area contributed by atoms with E-state index in [4.69, 9.17) is 24.4 Å². The van der Waals surface area contributed by atoms with Crippen LogP contribution in [0.1, 0.15) is 13.3 Å². The summed E-state index contributed by atoms with van der Waals surface area (Å²) in [6.07, 6.45) is 2.31. The third-order valence-electron chi connectivity index (χ3n) is 1.50. The van der Waals surface area contributed by atoms with Gasteiger partial charge in [-0.15, -0.1) is 0 Å². The van der Waals surface area contributed by atoms with Crippen LogP contribution in [0.2, 0.25) is 0 Å². The molecule has 9 heteroatoms. The molecule has 0 heterocycles. The molecule has 0 amide bonds. The molecule has 0 bridgehead atoms. The quantitative estimate of drug-likeness (QED) is 0.251. The molecule has 0 aromatic carbocycles. The topological polar surface area (TPSA) is 72.8 Å². The van der Waals surface area contributed by atoms with Gasteiger partial charge in [-0.05, 0) is 30.9 Å². The fourth-order valence-corrected chi connectivity index (χ4v) is 0.697. The number of hydrazone groups is 2. The first-order valence-electron chi connectivity index (χ1n) is 4.69. The van der Waals surface area contributed by atoms with Gasteiger partial charge < -0.3 is 10.6 Å². The summed E-state index contributed by atoms with van der Waals surface area (Å²) in [6.45, 7) is 1.96. The summed E-state index contributed by atoms with van der Waals surface area (Å²) in [5, 5.41) is 14.3. The average molecular weight is 324 g/mol. The summed E-state index contributed by atoms with van der Waals surface area (Å²) < 4.78 is 0. The van der Waals surface area contributed by atoms with Crippen molar-refractivity contribution in [3.05, 3.63) is 0 Å². The molecular weight excluding hydrogens is 308 g/mol. The fraction of sp³-hybridized carbons (Fsp3) is 0.500. The third-order valence-corrected chi connectivity index (χ3v) is 2.09. The van der Waals surface area contributed by atoms with Crippen molar-refractivity contribution in [3.8, 4) is 0 Å². The summed E-state index contributed by atoms with van der Waals surface area (Å²) in [7, 11) is 3.43. The van der Waals surface area contributed by atoms with E-state index in [2.05, 4.69) is 31.7 Å². The molecule has 0 saturated heterocycles. The van der Waals surface area contributed by atoms with Gasteiger partial charge in [0.2, 0.25) is 0 Å². The molecule has 6 nitrogen and oxygen atoms in total. The standard InChI is InChI=1S/C8H16N6S2.Cu/c1-4-6(12-14-8(16)10-3)5-11-13-7(15)9-2;/h5H,4H2,1-3H3,(H2,9,13,15)(H2,10,14,16);. The molecule has 0 aliphatic rings. The minimum Gasteiger partial charge on any atom is -0.364 e. The van der Waals surface area contributed by atoms with Crippen LogP contribution in [0, 0.1) is 0 Å². The normalized spacial score (nSPS) is 10.4. The largest absolute Gasteiger partial charge is 0.364 e. The number of hydrogen-bond acceptors (Lipinski definition) is 4. The van der Waals surface area contributed by atoms with Crippen molar-refractivity contribution in [2.45, 2.75) is 13.3 Å². The second-order valence-corrected chi connectivity index (χ2v) is 3.41. The van der Waals surface area contributed by atoms with Crippen molar-refractivity contribution >= 4 is 46.6 Å². The number of hydrogen-bond donors (Lipinski definition) is 4. The third kappa shape index (κ3) is 10.1. The van der Waals surface area contributed by atoms with Crippen LogP contribution in [0.5, 0.6) is 0 Å². The van der Waals surface area contributed by atoms with Gasteiger partial charge >= 0.3 is 0 Å². The molecule has 0 aliphatic heterocycles. The van der Waals surface area contributed by atoms with Gasteiger partial charge in [0.25, 0.3) is 0 Å². The molecule has 0 saturated carbocycles. The van der Waals surface area contributed by atoms with Gasteiger partial charge in [-0.25, -0.2) is 0 Å². The Bertz CT molecular complexity index is 304. The Morgan fingerprint density at radius 2 is 1.65 bits per heavy atom. The van der Waals surface area contributed by atoms with Gasteiger partial charge in [0.05, 0.1) is 11.9 Å². The molecular formula is C8H16CuN6S2. The fourth-order valence-electron chi connectivity index (χ4n) is 0.599. The maximum absolute atomic E-state index is 4.87. The Kier molecular flexibility index (Phi) is 12.8. The van der Waals surface area contributed by atoms with E-state index in [1.54, 1.807) is 20.3 Å². The summed E-state index contributed by atoms with van der Waals surface area (Å²) >= 11 is 9.72. The van der Waals surface area contributed by atoms with Gasteiger partial charge in [0.1, 0.15) is 0 Å². The second-order valence-electron chi connectivity index (χ2n) is 2.60. The first-order chi connectivity index (χ1) is 7.63. The Balaban J connectivity index is 0. The predicted molar refractivity (Wildman–Crippen MR) is 75.8 cm³/mol. The van der Waals surface area contributed by atoms with Crippen molar-refractivity contribution in [1.29, 1.82) is 0 Å². The summed E-state index contributed by atoms with van der Waals surface area (Å²) in [5.41, 5.74) is 6.06. The van der Waals surface area contributed by atoms with Gasteiger partial charge in [0, 0.05) is 31.2 Å². The Morgan fingerprint density at radius 1 is 1.12 bits per heavy atom. The predicted octanol–water partition coefficient (Wildman–Crippen LogP) is -0.0765. The molecule has 17 heavy (non-hydrogen) atoms. The molecule has 0 spiro atoms. The number of rotatable bonds is 4. The first kappa shape index (κ1) is 18.6. The van der Waals surface area contributed by atoms with E-state index in [0.717, 1.165) is 12.1 Å². The number of thiocarbonyl (C=S) groups is 2. The average Bonchev–Trinajstić information content (AvgIpc) is 2.32. The van der Waals surface area contributed by atoms with Gasteiger partial charge in [-0.1, -0.05) is 6.92 Å². The maximum atomic E-state index is 4.87. The molecule has 0 fully saturated rings. The van der Waals surface area contributed by atoms with E-state index in [9.17, 15) is 0 Å². The van der Waals surface area contributed by atoms with E-state index in [1.165, 1.54) is 0 Å². The summed E-state index contributed by atoms with van der Waals surface area (Å²) in [4.78, 5) is 0. The summed E-state index contributed by atoms with van der Waals surface area (Å²) in [5.74, 6) is 0. The summed E-state index contributed by atoms with van der Waals surface area (Å²) in [6, 6.07) is 0. The molecule has 101 valence electrons. The van der Waals surface area contributed by atoms with Crippen molar-refractivity contribution in [2.75, 3.05) is 14.1 Å². The van der Waals surface area contributed by atoms with E-state index in [0.29, 0.717) is 10.2 Å². The molecule has 0 aromatic rings. The van der Waals surface area contributed by atoms with Crippen molar-refractivity contribution in [3.63, 3.8) is 0 Å². The van der Waals surface area contributed by atoms with Crippen LogP contribution in [-0.4, -0.2) is 36.2 Å². The van der Waals surface area contributed by atoms with E-state index < -0.39 is 0 Å². The van der Waals surface area contributed by atoms with Gasteiger partial charge in [-0.3, -0.25) is 10.9 Å². The van der Waals surface area contributed by atoms with Gasteiger partial charge in [-0.2, -0.15) is 10.2 Å². The van der Waals surface area contributed by atoms with E-state index in [1.807, 2.05) is 6.92 Å². The zero-order valence-corrected chi connectivity index (χ0v) is 12.4. The second kappa shape index (κ2) is 11.7. The smallest absolute Gasteiger partial charge is 0.186 e. The SMILES string of the molecule is CCC(C=NNC(=S)NC)=NNC(=S)NC.[Cu]. The molecule has 0 unspecified atom stereocenters. The zero-order chi connectivity index (χ0) is 12.4. The van der Waals surface area contributed by atoms with Crippen LogP contribution >= 0.6 is 24.4 Å². The van der Waals surface area contributed by atoms with Crippen LogP contribution in [0.25, 0.3) is 0 Å². The molecule has 0 atom stereocenters. The monoisotopic (exact) mass is 323 g/mol. The van der Waals surface area contributed by atoms with Crippen LogP contribution < -0.4 is 21.5 Å². The minimum atomic E-state index is 0. The van der Waals surface area contributed by atoms with Gasteiger partial charge in [0.15, 0.2) is 10.2 Å². The number of nitrogens with zero attached hydrogens (tertiary/aromatic N) is 2. The van der Waals surface area contributed by atoms with Crippen LogP contribution in [0.15, 0.2) is 10.2 Å².